The third-order valence-corrected chi connectivity index (χ3v) is 4.21. The fourth-order valence-electron chi connectivity index (χ4n) is 2.39. The van der Waals surface area contributed by atoms with Crippen LogP contribution in [0.4, 0.5) is 10.1 Å². The minimum atomic E-state index is -0.347. The molecule has 0 bridgehead atoms. The molecule has 2 amide bonds. The van der Waals surface area contributed by atoms with Crippen LogP contribution in [-0.2, 0) is 16.1 Å². The van der Waals surface area contributed by atoms with E-state index in [0.29, 0.717) is 22.8 Å². The number of amides is 2. The molecular formula is C19H21ClFN3O2. The summed E-state index contributed by atoms with van der Waals surface area (Å²) in [5.74, 6) is -0.974. The van der Waals surface area contributed by atoms with E-state index in [1.54, 1.807) is 55.3 Å². The molecular weight excluding hydrogens is 357 g/mol. The van der Waals surface area contributed by atoms with Crippen LogP contribution in [-0.4, -0.2) is 36.9 Å². The Morgan fingerprint density at radius 2 is 1.85 bits per heavy atom. The Morgan fingerprint density at radius 3 is 2.58 bits per heavy atom. The van der Waals surface area contributed by atoms with Gasteiger partial charge in [0.2, 0.25) is 11.8 Å². The Morgan fingerprint density at radius 1 is 1.12 bits per heavy atom. The molecule has 0 unspecified atom stereocenters. The van der Waals surface area contributed by atoms with Gasteiger partial charge in [0.1, 0.15) is 5.82 Å². The first kappa shape index (κ1) is 19.9. The lowest BCUT2D eigenvalue weighted by atomic mass is 10.2. The molecule has 26 heavy (non-hydrogen) atoms. The molecule has 0 spiro atoms. The summed E-state index contributed by atoms with van der Waals surface area (Å²) in [6.45, 7) is 2.00. The lowest BCUT2D eigenvalue weighted by molar-refractivity contribution is -0.124. The number of hydrogen-bond acceptors (Lipinski definition) is 3. The van der Waals surface area contributed by atoms with Gasteiger partial charge in [-0.15, -0.1) is 0 Å². The van der Waals surface area contributed by atoms with E-state index in [2.05, 4.69) is 10.6 Å². The topological polar surface area (TPSA) is 61.4 Å². The fourth-order valence-corrected chi connectivity index (χ4v) is 2.57. The fraction of sp³-hybridized carbons (Fsp3) is 0.263. The van der Waals surface area contributed by atoms with Crippen molar-refractivity contribution in [3.05, 3.63) is 64.4 Å². The van der Waals surface area contributed by atoms with Crippen molar-refractivity contribution in [2.45, 2.75) is 13.5 Å². The van der Waals surface area contributed by atoms with Crippen LogP contribution < -0.4 is 10.6 Å². The van der Waals surface area contributed by atoms with Crippen molar-refractivity contribution >= 4 is 29.1 Å². The lowest BCUT2D eigenvalue weighted by Crippen LogP contribution is -2.39. The average Bonchev–Trinajstić information content (AvgIpc) is 2.59. The summed E-state index contributed by atoms with van der Waals surface area (Å²) in [6.07, 6.45) is 0. The third kappa shape index (κ3) is 5.82. The van der Waals surface area contributed by atoms with Gasteiger partial charge in [-0.05, 0) is 37.7 Å². The molecule has 0 fully saturated rings. The standard InChI is InChI=1S/C19H21ClFN3O2/c1-13-15(20)7-5-9-17(13)23-18(25)10-22-19(26)12-24(2)11-14-6-3-4-8-16(14)21/h3-9H,10-12H2,1-2H3,(H,22,26)(H,23,25). The summed E-state index contributed by atoms with van der Waals surface area (Å²) in [6, 6.07) is 11.6. The molecule has 0 heterocycles. The SMILES string of the molecule is Cc1c(Cl)cccc1NC(=O)CNC(=O)CN(C)Cc1ccccc1F. The summed E-state index contributed by atoms with van der Waals surface area (Å²) in [4.78, 5) is 25.6. The minimum absolute atomic E-state index is 0.0534. The van der Waals surface area contributed by atoms with E-state index in [0.717, 1.165) is 5.56 Å². The summed E-state index contributed by atoms with van der Waals surface area (Å²) in [7, 11) is 1.71. The monoisotopic (exact) mass is 377 g/mol. The van der Waals surface area contributed by atoms with Crippen molar-refractivity contribution in [1.82, 2.24) is 10.2 Å². The number of benzene rings is 2. The molecule has 0 saturated heterocycles. The van der Waals surface area contributed by atoms with Gasteiger partial charge in [0.25, 0.3) is 0 Å². The third-order valence-electron chi connectivity index (χ3n) is 3.80. The molecule has 0 aliphatic rings. The highest BCUT2D eigenvalue weighted by Crippen LogP contribution is 2.22. The number of carbonyl (C=O) groups excluding carboxylic acids is 2. The Hall–Kier alpha value is -2.44. The Labute approximate surface area is 157 Å². The van der Waals surface area contributed by atoms with Crippen molar-refractivity contribution in [2.24, 2.45) is 0 Å². The van der Waals surface area contributed by atoms with Crippen molar-refractivity contribution < 1.29 is 14.0 Å². The maximum Gasteiger partial charge on any atom is 0.243 e. The second kappa shape index (κ2) is 9.31. The van der Waals surface area contributed by atoms with E-state index in [-0.39, 0.29) is 30.7 Å². The van der Waals surface area contributed by atoms with Crippen LogP contribution in [0.3, 0.4) is 0 Å². The van der Waals surface area contributed by atoms with Crippen LogP contribution in [0.15, 0.2) is 42.5 Å². The van der Waals surface area contributed by atoms with Crippen LogP contribution in [0.2, 0.25) is 5.02 Å². The molecule has 2 N–H and O–H groups in total. The largest absolute Gasteiger partial charge is 0.346 e. The van der Waals surface area contributed by atoms with Crippen molar-refractivity contribution in [3.8, 4) is 0 Å². The Kier molecular flexibility index (Phi) is 7.12. The first-order valence-corrected chi connectivity index (χ1v) is 8.48. The first-order valence-electron chi connectivity index (χ1n) is 8.10. The van der Waals surface area contributed by atoms with E-state index < -0.39 is 0 Å². The number of likely N-dealkylation sites (N-methyl/N-ethyl adjacent to an activating group) is 1. The molecule has 0 aliphatic carbocycles. The lowest BCUT2D eigenvalue weighted by Gasteiger charge is -2.17. The molecule has 138 valence electrons. The van der Waals surface area contributed by atoms with Gasteiger partial charge in [-0.25, -0.2) is 4.39 Å². The number of nitrogens with zero attached hydrogens (tertiary/aromatic N) is 1. The van der Waals surface area contributed by atoms with E-state index in [9.17, 15) is 14.0 Å². The molecule has 2 rings (SSSR count). The average molecular weight is 378 g/mol. The zero-order valence-corrected chi connectivity index (χ0v) is 15.4. The number of rotatable bonds is 7. The number of carbonyl (C=O) groups is 2. The van der Waals surface area contributed by atoms with Gasteiger partial charge in [-0.3, -0.25) is 14.5 Å². The van der Waals surface area contributed by atoms with Crippen LogP contribution in [0, 0.1) is 12.7 Å². The molecule has 7 heteroatoms. The van der Waals surface area contributed by atoms with Crippen LogP contribution >= 0.6 is 11.6 Å². The predicted octanol–water partition coefficient (Wildman–Crippen LogP) is 2.97. The van der Waals surface area contributed by atoms with Gasteiger partial charge in [0.15, 0.2) is 0 Å². The molecule has 0 saturated carbocycles. The molecule has 0 aliphatic heterocycles. The quantitative estimate of drug-likeness (QED) is 0.779. The summed E-state index contributed by atoms with van der Waals surface area (Å²) in [5.41, 5.74) is 1.88. The zero-order chi connectivity index (χ0) is 19.1. The van der Waals surface area contributed by atoms with E-state index in [1.165, 1.54) is 6.07 Å². The van der Waals surface area contributed by atoms with Gasteiger partial charge < -0.3 is 10.6 Å². The maximum absolute atomic E-state index is 13.6. The summed E-state index contributed by atoms with van der Waals surface area (Å²) in [5, 5.41) is 5.81. The van der Waals surface area contributed by atoms with Crippen molar-refractivity contribution in [2.75, 3.05) is 25.5 Å². The maximum atomic E-state index is 13.6. The van der Waals surface area contributed by atoms with Gasteiger partial charge in [0, 0.05) is 22.8 Å². The second-order valence-corrected chi connectivity index (χ2v) is 6.41. The Balaban J connectivity index is 1.78. The molecule has 2 aromatic carbocycles. The molecule has 2 aromatic rings. The number of halogens is 2. The van der Waals surface area contributed by atoms with Crippen LogP contribution in [0.25, 0.3) is 0 Å². The highest BCUT2D eigenvalue weighted by atomic mass is 35.5. The number of anilines is 1. The van der Waals surface area contributed by atoms with Crippen LogP contribution in [0.1, 0.15) is 11.1 Å². The molecule has 0 radical (unpaired) electrons. The van der Waals surface area contributed by atoms with Gasteiger partial charge >= 0.3 is 0 Å². The van der Waals surface area contributed by atoms with E-state index in [4.69, 9.17) is 11.6 Å². The minimum Gasteiger partial charge on any atom is -0.346 e. The van der Waals surface area contributed by atoms with E-state index in [1.807, 2.05) is 0 Å². The number of hydrogen-bond donors (Lipinski definition) is 2. The van der Waals surface area contributed by atoms with Gasteiger partial charge in [-0.2, -0.15) is 0 Å². The van der Waals surface area contributed by atoms with Gasteiger partial charge in [-0.1, -0.05) is 35.9 Å². The first-order chi connectivity index (χ1) is 12.4. The zero-order valence-electron chi connectivity index (χ0n) is 14.7. The predicted molar refractivity (Wildman–Crippen MR) is 101 cm³/mol. The van der Waals surface area contributed by atoms with E-state index >= 15 is 0 Å². The van der Waals surface area contributed by atoms with Crippen molar-refractivity contribution in [3.63, 3.8) is 0 Å². The highest BCUT2D eigenvalue weighted by molar-refractivity contribution is 6.31. The smallest absolute Gasteiger partial charge is 0.243 e. The highest BCUT2D eigenvalue weighted by Gasteiger charge is 2.12. The molecule has 5 nitrogen and oxygen atoms in total. The van der Waals surface area contributed by atoms with Gasteiger partial charge in [0.05, 0.1) is 13.1 Å². The summed E-state index contributed by atoms with van der Waals surface area (Å²) < 4.78 is 13.6. The molecule has 0 aromatic heterocycles. The number of nitrogens with one attached hydrogen (secondary N) is 2. The molecule has 0 atom stereocenters. The normalized spacial score (nSPS) is 10.7. The second-order valence-electron chi connectivity index (χ2n) is 6.00. The Bertz CT molecular complexity index is 798. The van der Waals surface area contributed by atoms with Crippen molar-refractivity contribution in [1.29, 1.82) is 0 Å². The summed E-state index contributed by atoms with van der Waals surface area (Å²) >= 11 is 6.01. The van der Waals surface area contributed by atoms with Crippen LogP contribution in [0.5, 0.6) is 0 Å².